The Kier molecular flexibility index (Phi) is 2.64. The number of nitrogens with two attached hydrogens (primary N) is 2. The SMILES string of the molecule is Nc1cccc(OCc2nc3ncnc(N)c3[nH]2)c1. The highest BCUT2D eigenvalue weighted by molar-refractivity contribution is 5.80. The van der Waals surface area contributed by atoms with Gasteiger partial charge >= 0.3 is 0 Å². The molecule has 19 heavy (non-hydrogen) atoms. The Balaban J connectivity index is 1.80. The zero-order valence-corrected chi connectivity index (χ0v) is 10.00. The van der Waals surface area contributed by atoms with Gasteiger partial charge in [0.15, 0.2) is 11.5 Å². The van der Waals surface area contributed by atoms with Gasteiger partial charge in [0.05, 0.1) is 0 Å². The molecular formula is C12H12N6O. The predicted molar refractivity (Wildman–Crippen MR) is 71.3 cm³/mol. The molecule has 3 rings (SSSR count). The summed E-state index contributed by atoms with van der Waals surface area (Å²) in [4.78, 5) is 15.2. The highest BCUT2D eigenvalue weighted by atomic mass is 16.5. The van der Waals surface area contributed by atoms with Crippen LogP contribution in [0, 0.1) is 0 Å². The minimum absolute atomic E-state index is 0.277. The van der Waals surface area contributed by atoms with Crippen LogP contribution in [0.15, 0.2) is 30.6 Å². The third-order valence-corrected chi connectivity index (χ3v) is 2.60. The first-order valence-corrected chi connectivity index (χ1v) is 5.66. The molecule has 0 saturated heterocycles. The number of nitrogens with one attached hydrogen (secondary N) is 1. The number of aromatic amines is 1. The second kappa shape index (κ2) is 4.45. The third-order valence-electron chi connectivity index (χ3n) is 2.60. The van der Waals surface area contributed by atoms with Crippen molar-refractivity contribution in [1.82, 2.24) is 19.9 Å². The fourth-order valence-electron chi connectivity index (χ4n) is 1.72. The molecule has 0 fully saturated rings. The Bertz CT molecular complexity index is 723. The summed E-state index contributed by atoms with van der Waals surface area (Å²) in [6.45, 7) is 0.277. The summed E-state index contributed by atoms with van der Waals surface area (Å²) in [5.74, 6) is 1.68. The van der Waals surface area contributed by atoms with Crippen LogP contribution in [0.1, 0.15) is 5.82 Å². The smallest absolute Gasteiger partial charge is 0.183 e. The first-order chi connectivity index (χ1) is 9.22. The number of nitrogen functional groups attached to an aromatic ring is 2. The molecule has 7 heteroatoms. The van der Waals surface area contributed by atoms with Crippen LogP contribution in [-0.4, -0.2) is 19.9 Å². The van der Waals surface area contributed by atoms with E-state index in [1.807, 2.05) is 12.1 Å². The number of benzene rings is 1. The predicted octanol–water partition coefficient (Wildman–Crippen LogP) is 1.10. The normalized spacial score (nSPS) is 10.7. The van der Waals surface area contributed by atoms with E-state index in [-0.39, 0.29) is 6.61 Å². The van der Waals surface area contributed by atoms with E-state index in [9.17, 15) is 0 Å². The van der Waals surface area contributed by atoms with Crippen molar-refractivity contribution in [2.45, 2.75) is 6.61 Å². The van der Waals surface area contributed by atoms with Gasteiger partial charge in [-0.25, -0.2) is 15.0 Å². The summed E-state index contributed by atoms with van der Waals surface area (Å²) in [5, 5.41) is 0. The molecule has 0 aliphatic rings. The second-order valence-electron chi connectivity index (χ2n) is 4.00. The Labute approximate surface area is 108 Å². The summed E-state index contributed by atoms with van der Waals surface area (Å²) in [5.41, 5.74) is 13.2. The number of hydrogen-bond donors (Lipinski definition) is 3. The first-order valence-electron chi connectivity index (χ1n) is 5.66. The Morgan fingerprint density at radius 3 is 2.89 bits per heavy atom. The van der Waals surface area contributed by atoms with Crippen LogP contribution in [0.4, 0.5) is 11.5 Å². The maximum absolute atomic E-state index is 5.72. The molecule has 1 aromatic carbocycles. The van der Waals surface area contributed by atoms with Crippen LogP contribution in [-0.2, 0) is 6.61 Å². The van der Waals surface area contributed by atoms with E-state index in [4.69, 9.17) is 16.2 Å². The first kappa shape index (κ1) is 11.3. The van der Waals surface area contributed by atoms with Gasteiger partial charge in [-0.15, -0.1) is 0 Å². The van der Waals surface area contributed by atoms with Gasteiger partial charge < -0.3 is 21.2 Å². The number of rotatable bonds is 3. The lowest BCUT2D eigenvalue weighted by atomic mass is 10.3. The molecule has 0 amide bonds. The van der Waals surface area contributed by atoms with Crippen molar-refractivity contribution >= 4 is 22.7 Å². The monoisotopic (exact) mass is 256 g/mol. The molecule has 0 saturated carbocycles. The van der Waals surface area contributed by atoms with Gasteiger partial charge in [0, 0.05) is 11.8 Å². The van der Waals surface area contributed by atoms with Crippen molar-refractivity contribution in [1.29, 1.82) is 0 Å². The largest absolute Gasteiger partial charge is 0.486 e. The van der Waals surface area contributed by atoms with Crippen LogP contribution in [0.5, 0.6) is 5.75 Å². The summed E-state index contributed by atoms with van der Waals surface area (Å²) < 4.78 is 5.58. The van der Waals surface area contributed by atoms with Crippen molar-refractivity contribution in [3.8, 4) is 5.75 Å². The van der Waals surface area contributed by atoms with E-state index in [1.165, 1.54) is 6.33 Å². The minimum Gasteiger partial charge on any atom is -0.486 e. The average Bonchev–Trinajstić information content (AvgIpc) is 2.81. The number of nitrogens with zero attached hydrogens (tertiary/aromatic N) is 3. The van der Waals surface area contributed by atoms with E-state index >= 15 is 0 Å². The van der Waals surface area contributed by atoms with E-state index in [1.54, 1.807) is 12.1 Å². The lowest BCUT2D eigenvalue weighted by molar-refractivity contribution is 0.297. The van der Waals surface area contributed by atoms with Crippen molar-refractivity contribution in [3.05, 3.63) is 36.4 Å². The number of aromatic nitrogens is 4. The van der Waals surface area contributed by atoms with Crippen LogP contribution in [0.25, 0.3) is 11.2 Å². The van der Waals surface area contributed by atoms with Crippen molar-refractivity contribution in [2.75, 3.05) is 11.5 Å². The summed E-state index contributed by atoms with van der Waals surface area (Å²) in [6.07, 6.45) is 1.38. The van der Waals surface area contributed by atoms with E-state index in [2.05, 4.69) is 19.9 Å². The zero-order chi connectivity index (χ0) is 13.2. The Morgan fingerprint density at radius 1 is 1.21 bits per heavy atom. The van der Waals surface area contributed by atoms with Gasteiger partial charge in [-0.3, -0.25) is 0 Å². The van der Waals surface area contributed by atoms with Gasteiger partial charge in [0.1, 0.15) is 30.0 Å². The van der Waals surface area contributed by atoms with E-state index in [0.29, 0.717) is 34.2 Å². The fraction of sp³-hybridized carbons (Fsp3) is 0.0833. The molecule has 0 bridgehead atoms. The number of anilines is 2. The van der Waals surface area contributed by atoms with Gasteiger partial charge in [-0.2, -0.15) is 0 Å². The number of ether oxygens (including phenoxy) is 1. The molecule has 0 aliphatic carbocycles. The maximum atomic E-state index is 5.72. The second-order valence-corrected chi connectivity index (χ2v) is 4.00. The van der Waals surface area contributed by atoms with Gasteiger partial charge in [-0.1, -0.05) is 6.07 Å². The lowest BCUT2D eigenvalue weighted by Crippen LogP contribution is -1.98. The molecule has 7 nitrogen and oxygen atoms in total. The fourth-order valence-corrected chi connectivity index (χ4v) is 1.72. The molecule has 2 aromatic heterocycles. The lowest BCUT2D eigenvalue weighted by Gasteiger charge is -2.04. The number of fused-ring (bicyclic) bond motifs is 1. The standard InChI is InChI=1S/C12H12N6O/c13-7-2-1-3-8(4-7)19-5-9-17-10-11(14)15-6-16-12(10)18-9/h1-4,6H,5,13H2,(H3,14,15,16,17,18). The van der Waals surface area contributed by atoms with E-state index in [0.717, 1.165) is 0 Å². The number of hydrogen-bond acceptors (Lipinski definition) is 6. The molecule has 5 N–H and O–H groups in total. The maximum Gasteiger partial charge on any atom is 0.183 e. The summed E-state index contributed by atoms with van der Waals surface area (Å²) in [7, 11) is 0. The number of imidazole rings is 1. The van der Waals surface area contributed by atoms with Crippen molar-refractivity contribution in [2.24, 2.45) is 0 Å². The summed E-state index contributed by atoms with van der Waals surface area (Å²) in [6, 6.07) is 7.20. The molecule has 0 aliphatic heterocycles. The molecule has 0 spiro atoms. The third kappa shape index (κ3) is 2.25. The molecule has 0 radical (unpaired) electrons. The van der Waals surface area contributed by atoms with Crippen molar-refractivity contribution < 1.29 is 4.74 Å². The highest BCUT2D eigenvalue weighted by Crippen LogP contribution is 2.17. The highest BCUT2D eigenvalue weighted by Gasteiger charge is 2.07. The topological polar surface area (TPSA) is 116 Å². The Hall–Kier alpha value is -2.83. The van der Waals surface area contributed by atoms with Crippen molar-refractivity contribution in [3.63, 3.8) is 0 Å². The van der Waals surface area contributed by atoms with Gasteiger partial charge in [0.25, 0.3) is 0 Å². The molecule has 2 heterocycles. The quantitative estimate of drug-likeness (QED) is 0.604. The molecule has 0 atom stereocenters. The van der Waals surface area contributed by atoms with Crippen LogP contribution in [0.2, 0.25) is 0 Å². The van der Waals surface area contributed by atoms with Crippen LogP contribution in [0.3, 0.4) is 0 Å². The van der Waals surface area contributed by atoms with E-state index < -0.39 is 0 Å². The average molecular weight is 256 g/mol. The minimum atomic E-state index is 0.277. The Morgan fingerprint density at radius 2 is 2.11 bits per heavy atom. The summed E-state index contributed by atoms with van der Waals surface area (Å²) >= 11 is 0. The van der Waals surface area contributed by atoms with Crippen LogP contribution >= 0.6 is 0 Å². The molecule has 3 aromatic rings. The molecular weight excluding hydrogens is 244 g/mol. The van der Waals surface area contributed by atoms with Gasteiger partial charge in [0.2, 0.25) is 0 Å². The molecule has 0 unspecified atom stereocenters. The van der Waals surface area contributed by atoms with Gasteiger partial charge in [-0.05, 0) is 12.1 Å². The zero-order valence-electron chi connectivity index (χ0n) is 10.00. The molecule has 96 valence electrons. The van der Waals surface area contributed by atoms with Crippen LogP contribution < -0.4 is 16.2 Å². The number of H-pyrrole nitrogens is 1.